The molecule has 66 valence electrons. The summed E-state index contributed by atoms with van der Waals surface area (Å²) in [5.41, 5.74) is -0.541. The minimum Gasteiger partial charge on any atom is -0.389 e. The molecule has 0 spiro atoms. The van der Waals surface area contributed by atoms with E-state index in [4.69, 9.17) is 5.11 Å². The summed E-state index contributed by atoms with van der Waals surface area (Å²) in [7, 11) is 0. The Kier molecular flexibility index (Phi) is 3.30. The lowest BCUT2D eigenvalue weighted by atomic mass is 9.85. The van der Waals surface area contributed by atoms with Crippen LogP contribution in [0.25, 0.3) is 0 Å². The second-order valence-corrected chi connectivity index (χ2v) is 3.37. The molecule has 1 aliphatic rings. The SMILES string of the molecule is OCNCC1(O)CCCCC1. The molecular weight excluding hydrogens is 142 g/mol. The lowest BCUT2D eigenvalue weighted by Gasteiger charge is -2.31. The van der Waals surface area contributed by atoms with Gasteiger partial charge in [-0.25, -0.2) is 0 Å². The largest absolute Gasteiger partial charge is 0.389 e. The fourth-order valence-corrected chi connectivity index (χ4v) is 1.68. The summed E-state index contributed by atoms with van der Waals surface area (Å²) in [5.74, 6) is 0. The summed E-state index contributed by atoms with van der Waals surface area (Å²) in [6.07, 6.45) is 5.22. The van der Waals surface area contributed by atoms with Crippen LogP contribution in [-0.4, -0.2) is 29.1 Å². The second kappa shape index (κ2) is 4.04. The molecule has 0 radical (unpaired) electrons. The first-order chi connectivity index (χ1) is 5.27. The highest BCUT2D eigenvalue weighted by molar-refractivity contribution is 4.83. The topological polar surface area (TPSA) is 52.5 Å². The lowest BCUT2D eigenvalue weighted by Crippen LogP contribution is -2.42. The summed E-state index contributed by atoms with van der Waals surface area (Å²) >= 11 is 0. The first-order valence-electron chi connectivity index (χ1n) is 4.31. The third-order valence-corrected chi connectivity index (χ3v) is 2.35. The van der Waals surface area contributed by atoms with E-state index in [0.717, 1.165) is 25.7 Å². The molecule has 0 bridgehead atoms. The predicted molar refractivity (Wildman–Crippen MR) is 43.1 cm³/mol. The minimum absolute atomic E-state index is 0.0394. The molecule has 11 heavy (non-hydrogen) atoms. The van der Waals surface area contributed by atoms with Crippen LogP contribution in [0.1, 0.15) is 32.1 Å². The van der Waals surface area contributed by atoms with E-state index in [2.05, 4.69) is 5.32 Å². The maximum absolute atomic E-state index is 9.83. The highest BCUT2D eigenvalue weighted by atomic mass is 16.3. The highest BCUT2D eigenvalue weighted by Gasteiger charge is 2.28. The molecule has 0 aromatic heterocycles. The van der Waals surface area contributed by atoms with Crippen LogP contribution in [0.5, 0.6) is 0 Å². The number of rotatable bonds is 3. The molecule has 3 nitrogen and oxygen atoms in total. The van der Waals surface area contributed by atoms with Gasteiger partial charge in [0.15, 0.2) is 0 Å². The fourth-order valence-electron chi connectivity index (χ4n) is 1.68. The van der Waals surface area contributed by atoms with Crippen LogP contribution in [0, 0.1) is 0 Å². The molecule has 1 rings (SSSR count). The number of aliphatic hydroxyl groups is 2. The molecule has 0 saturated heterocycles. The molecule has 0 atom stereocenters. The van der Waals surface area contributed by atoms with Crippen LogP contribution in [0.15, 0.2) is 0 Å². The molecule has 1 saturated carbocycles. The van der Waals surface area contributed by atoms with Gasteiger partial charge in [-0.15, -0.1) is 0 Å². The van der Waals surface area contributed by atoms with Gasteiger partial charge in [-0.1, -0.05) is 19.3 Å². The van der Waals surface area contributed by atoms with E-state index in [1.165, 1.54) is 6.42 Å². The maximum Gasteiger partial charge on any atom is 0.0932 e. The number of aliphatic hydroxyl groups excluding tert-OH is 1. The number of hydrogen-bond donors (Lipinski definition) is 3. The van der Waals surface area contributed by atoms with Crippen LogP contribution < -0.4 is 5.32 Å². The summed E-state index contributed by atoms with van der Waals surface area (Å²) < 4.78 is 0. The molecule has 0 aromatic rings. The molecule has 0 aliphatic heterocycles. The Morgan fingerprint density at radius 1 is 1.18 bits per heavy atom. The van der Waals surface area contributed by atoms with E-state index in [1.807, 2.05) is 0 Å². The van der Waals surface area contributed by atoms with Crippen LogP contribution >= 0.6 is 0 Å². The summed E-state index contributed by atoms with van der Waals surface area (Å²) in [5, 5.41) is 21.1. The summed E-state index contributed by atoms with van der Waals surface area (Å²) in [6, 6.07) is 0. The maximum atomic E-state index is 9.83. The van der Waals surface area contributed by atoms with E-state index < -0.39 is 5.60 Å². The predicted octanol–water partition coefficient (Wildman–Crippen LogP) is 0.221. The van der Waals surface area contributed by atoms with Crippen molar-refractivity contribution in [3.63, 3.8) is 0 Å². The fraction of sp³-hybridized carbons (Fsp3) is 1.00. The quantitative estimate of drug-likeness (QED) is 0.516. The van der Waals surface area contributed by atoms with E-state index in [0.29, 0.717) is 6.54 Å². The van der Waals surface area contributed by atoms with Gasteiger partial charge in [-0.3, -0.25) is 5.32 Å². The van der Waals surface area contributed by atoms with Crippen molar-refractivity contribution in [1.29, 1.82) is 0 Å². The molecular formula is C8H17NO2. The molecule has 1 aliphatic carbocycles. The van der Waals surface area contributed by atoms with Gasteiger partial charge in [-0.2, -0.15) is 0 Å². The normalized spacial score (nSPS) is 23.5. The molecule has 3 heteroatoms. The van der Waals surface area contributed by atoms with Gasteiger partial charge >= 0.3 is 0 Å². The first kappa shape index (κ1) is 8.97. The van der Waals surface area contributed by atoms with Gasteiger partial charge < -0.3 is 10.2 Å². The van der Waals surface area contributed by atoms with Gasteiger partial charge in [0.1, 0.15) is 0 Å². The van der Waals surface area contributed by atoms with Crippen molar-refractivity contribution in [1.82, 2.24) is 5.32 Å². The van der Waals surface area contributed by atoms with E-state index in [9.17, 15) is 5.11 Å². The van der Waals surface area contributed by atoms with Crippen molar-refractivity contribution in [2.24, 2.45) is 0 Å². The summed E-state index contributed by atoms with van der Waals surface area (Å²) in [6.45, 7) is 0.492. The monoisotopic (exact) mass is 159 g/mol. The average molecular weight is 159 g/mol. The third kappa shape index (κ3) is 2.77. The highest BCUT2D eigenvalue weighted by Crippen LogP contribution is 2.26. The van der Waals surface area contributed by atoms with Gasteiger partial charge in [0.2, 0.25) is 0 Å². The zero-order valence-electron chi connectivity index (χ0n) is 6.84. The van der Waals surface area contributed by atoms with E-state index >= 15 is 0 Å². The Bertz CT molecular complexity index is 111. The average Bonchev–Trinajstić information content (AvgIpc) is 2.03. The zero-order valence-corrected chi connectivity index (χ0v) is 6.84. The van der Waals surface area contributed by atoms with Crippen LogP contribution in [0.2, 0.25) is 0 Å². The van der Waals surface area contributed by atoms with Gasteiger partial charge in [0.05, 0.1) is 12.3 Å². The van der Waals surface area contributed by atoms with Crippen molar-refractivity contribution in [3.8, 4) is 0 Å². The van der Waals surface area contributed by atoms with Crippen molar-refractivity contribution in [3.05, 3.63) is 0 Å². The molecule has 0 unspecified atom stereocenters. The van der Waals surface area contributed by atoms with Crippen molar-refractivity contribution in [2.75, 3.05) is 13.3 Å². The van der Waals surface area contributed by atoms with Crippen LogP contribution in [-0.2, 0) is 0 Å². The molecule has 0 heterocycles. The van der Waals surface area contributed by atoms with Gasteiger partial charge in [-0.05, 0) is 12.8 Å². The second-order valence-electron chi connectivity index (χ2n) is 3.37. The zero-order chi connectivity index (χ0) is 8.16. The number of nitrogens with one attached hydrogen (secondary N) is 1. The number of hydrogen-bond acceptors (Lipinski definition) is 3. The Balaban J connectivity index is 2.25. The van der Waals surface area contributed by atoms with Crippen molar-refractivity contribution in [2.45, 2.75) is 37.7 Å². The van der Waals surface area contributed by atoms with Crippen molar-refractivity contribution < 1.29 is 10.2 Å². The molecule has 3 N–H and O–H groups in total. The molecule has 1 fully saturated rings. The first-order valence-corrected chi connectivity index (χ1v) is 4.31. The molecule has 0 amide bonds. The van der Waals surface area contributed by atoms with Crippen molar-refractivity contribution >= 4 is 0 Å². The van der Waals surface area contributed by atoms with Gasteiger partial charge in [0.25, 0.3) is 0 Å². The smallest absolute Gasteiger partial charge is 0.0932 e. The lowest BCUT2D eigenvalue weighted by molar-refractivity contribution is 0.000167. The third-order valence-electron chi connectivity index (χ3n) is 2.35. The standard InChI is InChI=1S/C8H17NO2/c10-7-9-6-8(11)4-2-1-3-5-8/h9-11H,1-7H2. The van der Waals surface area contributed by atoms with E-state index in [1.54, 1.807) is 0 Å². The Morgan fingerprint density at radius 3 is 2.36 bits per heavy atom. The Labute approximate surface area is 67.4 Å². The minimum atomic E-state index is -0.541. The van der Waals surface area contributed by atoms with Crippen LogP contribution in [0.4, 0.5) is 0 Å². The molecule has 0 aromatic carbocycles. The van der Waals surface area contributed by atoms with Gasteiger partial charge in [0, 0.05) is 6.54 Å². The van der Waals surface area contributed by atoms with E-state index in [-0.39, 0.29) is 6.73 Å². The Hall–Kier alpha value is -0.120. The Morgan fingerprint density at radius 2 is 1.82 bits per heavy atom. The van der Waals surface area contributed by atoms with Crippen LogP contribution in [0.3, 0.4) is 0 Å². The summed E-state index contributed by atoms with van der Waals surface area (Å²) in [4.78, 5) is 0.